The molecule has 4 amide bonds. The highest BCUT2D eigenvalue weighted by Gasteiger charge is 2.49. The maximum atomic E-state index is 13.2. The number of imide groups is 1. The molecular formula is C25H23N3O3. The van der Waals surface area contributed by atoms with Gasteiger partial charge in [-0.3, -0.25) is 14.5 Å². The van der Waals surface area contributed by atoms with E-state index in [1.54, 1.807) is 6.92 Å². The quantitative estimate of drug-likeness (QED) is 0.640. The first-order valence-electron chi connectivity index (χ1n) is 10.5. The lowest BCUT2D eigenvalue weighted by Gasteiger charge is -2.22. The normalized spacial score (nSPS) is 20.1. The van der Waals surface area contributed by atoms with Crippen LogP contribution < -0.4 is 10.6 Å². The third kappa shape index (κ3) is 3.34. The van der Waals surface area contributed by atoms with Gasteiger partial charge in [0.25, 0.3) is 5.91 Å². The summed E-state index contributed by atoms with van der Waals surface area (Å²) in [5.74, 6) is -0.832. The zero-order valence-corrected chi connectivity index (χ0v) is 17.3. The Bertz CT molecular complexity index is 1240. The topological polar surface area (TPSA) is 78.5 Å². The molecule has 1 atom stereocenters. The lowest BCUT2D eigenvalue weighted by molar-refractivity contribution is -0.133. The van der Waals surface area contributed by atoms with E-state index in [1.165, 1.54) is 11.1 Å². The number of aryl methyl sites for hydroxylation is 2. The second-order valence-corrected chi connectivity index (χ2v) is 8.39. The molecule has 1 saturated heterocycles. The molecule has 1 aliphatic heterocycles. The Morgan fingerprint density at radius 2 is 1.77 bits per heavy atom. The van der Waals surface area contributed by atoms with Crippen LogP contribution in [0.5, 0.6) is 0 Å². The van der Waals surface area contributed by atoms with Gasteiger partial charge in [-0.15, -0.1) is 0 Å². The van der Waals surface area contributed by atoms with Gasteiger partial charge in [-0.2, -0.15) is 0 Å². The second-order valence-electron chi connectivity index (χ2n) is 8.39. The molecule has 0 spiro atoms. The Morgan fingerprint density at radius 3 is 2.61 bits per heavy atom. The van der Waals surface area contributed by atoms with E-state index in [0.29, 0.717) is 11.3 Å². The summed E-state index contributed by atoms with van der Waals surface area (Å²) in [5.41, 5.74) is 2.73. The van der Waals surface area contributed by atoms with E-state index in [2.05, 4.69) is 10.6 Å². The Balaban J connectivity index is 1.33. The summed E-state index contributed by atoms with van der Waals surface area (Å²) in [5, 5.41) is 7.63. The molecule has 3 aromatic carbocycles. The molecule has 5 rings (SSSR count). The molecule has 1 heterocycles. The maximum absolute atomic E-state index is 13.2. The van der Waals surface area contributed by atoms with E-state index < -0.39 is 23.4 Å². The molecule has 0 unspecified atom stereocenters. The first-order chi connectivity index (χ1) is 14.9. The van der Waals surface area contributed by atoms with Gasteiger partial charge in [0.1, 0.15) is 12.1 Å². The number of amides is 4. The number of carbonyl (C=O) groups is 3. The molecule has 0 bridgehead atoms. The fourth-order valence-corrected chi connectivity index (χ4v) is 4.53. The minimum absolute atomic E-state index is 0.328. The molecule has 31 heavy (non-hydrogen) atoms. The number of hydrogen-bond donors (Lipinski definition) is 2. The Morgan fingerprint density at radius 1 is 1.00 bits per heavy atom. The van der Waals surface area contributed by atoms with E-state index in [4.69, 9.17) is 0 Å². The summed E-state index contributed by atoms with van der Waals surface area (Å²) < 4.78 is 0. The number of nitrogens with one attached hydrogen (secondary N) is 2. The van der Waals surface area contributed by atoms with Crippen molar-refractivity contribution < 1.29 is 14.4 Å². The van der Waals surface area contributed by atoms with Crippen LogP contribution in [0.15, 0.2) is 60.7 Å². The van der Waals surface area contributed by atoms with Crippen molar-refractivity contribution in [2.45, 2.75) is 31.7 Å². The average Bonchev–Trinajstić information content (AvgIpc) is 3.32. The van der Waals surface area contributed by atoms with Crippen LogP contribution in [-0.2, 0) is 28.0 Å². The average molecular weight is 413 g/mol. The number of fused-ring (bicyclic) bond motifs is 2. The molecular weight excluding hydrogens is 390 g/mol. The molecule has 6 heteroatoms. The van der Waals surface area contributed by atoms with Gasteiger partial charge >= 0.3 is 6.03 Å². The van der Waals surface area contributed by atoms with Gasteiger partial charge in [-0.05, 0) is 71.8 Å². The van der Waals surface area contributed by atoms with Gasteiger partial charge in [0.05, 0.1) is 0 Å². The van der Waals surface area contributed by atoms with Gasteiger partial charge in [-0.25, -0.2) is 4.79 Å². The summed E-state index contributed by atoms with van der Waals surface area (Å²) in [6, 6.07) is 18.8. The molecule has 6 nitrogen and oxygen atoms in total. The SMILES string of the molecule is C[C@@]1(c2ccc3ccccc3c2)NC(=O)N(CC(=O)Nc2ccc3c(c2)CCC3)C1=O. The minimum atomic E-state index is -1.21. The summed E-state index contributed by atoms with van der Waals surface area (Å²) in [6.45, 7) is 1.35. The van der Waals surface area contributed by atoms with E-state index in [0.717, 1.165) is 34.9 Å². The van der Waals surface area contributed by atoms with Crippen molar-refractivity contribution in [3.8, 4) is 0 Å². The van der Waals surface area contributed by atoms with Gasteiger partial charge < -0.3 is 10.6 Å². The first-order valence-corrected chi connectivity index (χ1v) is 10.5. The fraction of sp³-hybridized carbons (Fsp3) is 0.240. The Kier molecular flexibility index (Phi) is 4.50. The summed E-state index contributed by atoms with van der Waals surface area (Å²) in [6.07, 6.45) is 3.21. The van der Waals surface area contributed by atoms with Crippen molar-refractivity contribution in [3.05, 3.63) is 77.4 Å². The van der Waals surface area contributed by atoms with Gasteiger partial charge in [0.2, 0.25) is 5.91 Å². The second kappa shape index (κ2) is 7.23. The van der Waals surface area contributed by atoms with Crippen LogP contribution in [0.4, 0.5) is 10.5 Å². The molecule has 1 fully saturated rings. The van der Waals surface area contributed by atoms with Gasteiger partial charge in [0, 0.05) is 5.69 Å². The molecule has 2 aliphatic rings. The predicted molar refractivity (Wildman–Crippen MR) is 119 cm³/mol. The standard InChI is InChI=1S/C25H23N3O3/c1-25(20-11-9-16-5-2-3-6-18(16)13-20)23(30)28(24(31)27-25)15-22(29)26-21-12-10-17-7-4-8-19(17)14-21/h2-3,5-6,9-14H,4,7-8,15H2,1H3,(H,26,29)(H,27,31)/t25-/m0/s1. The van der Waals surface area contributed by atoms with Crippen LogP contribution in [-0.4, -0.2) is 29.3 Å². The third-order valence-electron chi connectivity index (χ3n) is 6.29. The highest BCUT2D eigenvalue weighted by Crippen LogP contribution is 2.31. The number of nitrogens with zero attached hydrogens (tertiary/aromatic N) is 1. The van der Waals surface area contributed by atoms with Crippen LogP contribution in [0.2, 0.25) is 0 Å². The minimum Gasteiger partial charge on any atom is -0.325 e. The van der Waals surface area contributed by atoms with Crippen molar-refractivity contribution in [1.82, 2.24) is 10.2 Å². The van der Waals surface area contributed by atoms with Crippen molar-refractivity contribution in [2.24, 2.45) is 0 Å². The van der Waals surface area contributed by atoms with Gasteiger partial charge in [-0.1, -0.05) is 42.5 Å². The fourth-order valence-electron chi connectivity index (χ4n) is 4.53. The Hall–Kier alpha value is -3.67. The van der Waals surface area contributed by atoms with Crippen molar-refractivity contribution in [1.29, 1.82) is 0 Å². The zero-order chi connectivity index (χ0) is 21.6. The van der Waals surface area contributed by atoms with E-state index in [-0.39, 0.29) is 6.54 Å². The van der Waals surface area contributed by atoms with Crippen LogP contribution in [0.3, 0.4) is 0 Å². The van der Waals surface area contributed by atoms with Crippen LogP contribution in [0, 0.1) is 0 Å². The van der Waals surface area contributed by atoms with Crippen molar-refractivity contribution in [2.75, 3.05) is 11.9 Å². The van der Waals surface area contributed by atoms with Crippen molar-refractivity contribution in [3.63, 3.8) is 0 Å². The number of anilines is 1. The zero-order valence-electron chi connectivity index (χ0n) is 17.3. The summed E-state index contributed by atoms with van der Waals surface area (Å²) in [4.78, 5) is 39.4. The van der Waals surface area contributed by atoms with Crippen LogP contribution >= 0.6 is 0 Å². The largest absolute Gasteiger partial charge is 0.325 e. The summed E-state index contributed by atoms with van der Waals surface area (Å²) in [7, 11) is 0. The molecule has 0 saturated carbocycles. The number of rotatable bonds is 4. The molecule has 0 aromatic heterocycles. The molecule has 3 aromatic rings. The smallest absolute Gasteiger partial charge is 0.325 e. The Labute approximate surface area is 180 Å². The molecule has 156 valence electrons. The molecule has 2 N–H and O–H groups in total. The first kappa shape index (κ1) is 19.3. The van der Waals surface area contributed by atoms with E-state index in [9.17, 15) is 14.4 Å². The highest BCUT2D eigenvalue weighted by molar-refractivity contribution is 6.10. The van der Waals surface area contributed by atoms with Crippen molar-refractivity contribution >= 4 is 34.3 Å². The van der Waals surface area contributed by atoms with Crippen LogP contribution in [0.25, 0.3) is 10.8 Å². The third-order valence-corrected chi connectivity index (χ3v) is 6.29. The lowest BCUT2D eigenvalue weighted by atomic mass is 9.90. The number of benzene rings is 3. The number of hydrogen-bond acceptors (Lipinski definition) is 3. The maximum Gasteiger partial charge on any atom is 0.325 e. The lowest BCUT2D eigenvalue weighted by Crippen LogP contribution is -2.42. The predicted octanol–water partition coefficient (Wildman–Crippen LogP) is 3.73. The summed E-state index contributed by atoms with van der Waals surface area (Å²) >= 11 is 0. The van der Waals surface area contributed by atoms with Crippen LogP contribution in [0.1, 0.15) is 30.0 Å². The van der Waals surface area contributed by atoms with E-state index in [1.807, 2.05) is 60.7 Å². The highest BCUT2D eigenvalue weighted by atomic mass is 16.2. The molecule has 1 aliphatic carbocycles. The van der Waals surface area contributed by atoms with E-state index >= 15 is 0 Å². The van der Waals surface area contributed by atoms with Gasteiger partial charge in [0.15, 0.2) is 0 Å². The molecule has 0 radical (unpaired) electrons. The number of urea groups is 1. The monoisotopic (exact) mass is 413 g/mol. The number of carbonyl (C=O) groups excluding carboxylic acids is 3.